The van der Waals surface area contributed by atoms with Crippen molar-refractivity contribution in [3.8, 4) is 11.4 Å². The van der Waals surface area contributed by atoms with Crippen LogP contribution in [0.2, 0.25) is 0 Å². The minimum Gasteiger partial charge on any atom is -0.476 e. The van der Waals surface area contributed by atoms with E-state index in [9.17, 15) is 9.90 Å². The summed E-state index contributed by atoms with van der Waals surface area (Å²) in [5, 5.41) is 9.20. The van der Waals surface area contributed by atoms with Crippen LogP contribution in [0.4, 0.5) is 5.82 Å². The lowest BCUT2D eigenvalue weighted by Crippen LogP contribution is -1.99. The molecule has 0 atom stereocenters. The number of nitrogens with zero attached hydrogens (tertiary/aromatic N) is 3. The Morgan fingerprint density at radius 2 is 1.95 bits per heavy atom. The fourth-order valence-corrected chi connectivity index (χ4v) is 2.01. The van der Waals surface area contributed by atoms with Crippen LogP contribution in [0.1, 0.15) is 10.5 Å². The summed E-state index contributed by atoms with van der Waals surface area (Å²) in [7, 11) is 0. The number of imidazole rings is 1. The van der Waals surface area contributed by atoms with Crippen LogP contribution in [0.25, 0.3) is 16.9 Å². The molecular formula is C13H10N4O2. The van der Waals surface area contributed by atoms with Crippen LogP contribution in [0.3, 0.4) is 0 Å². The molecule has 0 spiro atoms. The predicted molar refractivity (Wildman–Crippen MR) is 69.8 cm³/mol. The second kappa shape index (κ2) is 4.09. The molecule has 3 aromatic heterocycles. The van der Waals surface area contributed by atoms with Gasteiger partial charge in [-0.25, -0.2) is 9.78 Å². The summed E-state index contributed by atoms with van der Waals surface area (Å²) >= 11 is 0. The third-order valence-corrected chi connectivity index (χ3v) is 2.83. The molecule has 0 saturated carbocycles. The SMILES string of the molecule is Nc1cccc2c(C(=O)O)nc(-c3ccncc3)n12. The summed E-state index contributed by atoms with van der Waals surface area (Å²) in [5.74, 6) is -0.152. The monoisotopic (exact) mass is 254 g/mol. The highest BCUT2D eigenvalue weighted by Gasteiger charge is 2.18. The number of carboxylic acid groups (broad SMARTS) is 1. The maximum absolute atomic E-state index is 11.2. The number of anilines is 1. The molecule has 0 radical (unpaired) electrons. The zero-order valence-corrected chi connectivity index (χ0v) is 9.82. The van der Waals surface area contributed by atoms with Gasteiger partial charge in [0.1, 0.15) is 11.6 Å². The van der Waals surface area contributed by atoms with Gasteiger partial charge in [0.05, 0.1) is 5.52 Å². The van der Waals surface area contributed by atoms with E-state index in [2.05, 4.69) is 9.97 Å². The van der Waals surface area contributed by atoms with E-state index in [1.54, 1.807) is 47.1 Å². The Hall–Kier alpha value is -2.89. The fraction of sp³-hybridized carbons (Fsp3) is 0. The van der Waals surface area contributed by atoms with E-state index in [0.29, 0.717) is 17.2 Å². The van der Waals surface area contributed by atoms with Crippen molar-refractivity contribution in [3.05, 3.63) is 48.4 Å². The topological polar surface area (TPSA) is 93.5 Å². The first kappa shape index (κ1) is 11.2. The summed E-state index contributed by atoms with van der Waals surface area (Å²) in [5.41, 5.74) is 7.14. The van der Waals surface area contributed by atoms with Crippen molar-refractivity contribution >= 4 is 17.3 Å². The number of rotatable bonds is 2. The number of carbonyl (C=O) groups is 1. The Bertz CT molecular complexity index is 765. The minimum atomic E-state index is -1.08. The van der Waals surface area contributed by atoms with Gasteiger partial charge in [0, 0.05) is 18.0 Å². The summed E-state index contributed by atoms with van der Waals surface area (Å²) in [6.45, 7) is 0. The number of hydrogen-bond acceptors (Lipinski definition) is 4. The molecule has 0 aromatic carbocycles. The lowest BCUT2D eigenvalue weighted by Gasteiger charge is -2.04. The predicted octanol–water partition coefficient (Wildman–Crippen LogP) is 1.68. The van der Waals surface area contributed by atoms with Gasteiger partial charge in [-0.15, -0.1) is 0 Å². The Kier molecular flexibility index (Phi) is 2.42. The quantitative estimate of drug-likeness (QED) is 0.725. The second-order valence-electron chi connectivity index (χ2n) is 4.00. The number of aromatic carboxylic acids is 1. The number of carboxylic acids is 1. The molecule has 0 amide bonds. The van der Waals surface area contributed by atoms with Crippen LogP contribution in [0.5, 0.6) is 0 Å². The molecule has 0 aliphatic heterocycles. The van der Waals surface area contributed by atoms with E-state index in [1.807, 2.05) is 0 Å². The molecule has 3 heterocycles. The van der Waals surface area contributed by atoms with Gasteiger partial charge in [-0.2, -0.15) is 0 Å². The molecule has 0 unspecified atom stereocenters. The van der Waals surface area contributed by atoms with Crippen molar-refractivity contribution in [2.45, 2.75) is 0 Å². The van der Waals surface area contributed by atoms with Gasteiger partial charge in [-0.1, -0.05) is 6.07 Å². The summed E-state index contributed by atoms with van der Waals surface area (Å²) < 4.78 is 1.62. The van der Waals surface area contributed by atoms with Gasteiger partial charge in [0.2, 0.25) is 0 Å². The third kappa shape index (κ3) is 1.70. The largest absolute Gasteiger partial charge is 0.476 e. The Morgan fingerprint density at radius 3 is 2.63 bits per heavy atom. The zero-order valence-electron chi connectivity index (χ0n) is 9.82. The highest BCUT2D eigenvalue weighted by molar-refractivity contribution is 5.95. The molecule has 6 heteroatoms. The van der Waals surface area contributed by atoms with Crippen LogP contribution in [-0.4, -0.2) is 25.4 Å². The number of nitrogen functional groups attached to an aromatic ring is 1. The van der Waals surface area contributed by atoms with E-state index >= 15 is 0 Å². The number of fused-ring (bicyclic) bond motifs is 1. The molecule has 3 N–H and O–H groups in total. The van der Waals surface area contributed by atoms with Gasteiger partial charge in [0.25, 0.3) is 0 Å². The van der Waals surface area contributed by atoms with Crippen LogP contribution in [-0.2, 0) is 0 Å². The van der Waals surface area contributed by atoms with Crippen molar-refractivity contribution < 1.29 is 9.90 Å². The molecule has 0 saturated heterocycles. The molecule has 3 aromatic rings. The number of pyridine rings is 2. The molecule has 0 aliphatic rings. The number of hydrogen-bond donors (Lipinski definition) is 2. The van der Waals surface area contributed by atoms with Gasteiger partial charge in [-0.3, -0.25) is 9.38 Å². The van der Waals surface area contributed by atoms with E-state index in [-0.39, 0.29) is 5.69 Å². The number of nitrogens with two attached hydrogens (primary N) is 1. The second-order valence-corrected chi connectivity index (χ2v) is 4.00. The summed E-state index contributed by atoms with van der Waals surface area (Å²) in [6.07, 6.45) is 3.24. The van der Waals surface area contributed by atoms with E-state index in [0.717, 1.165) is 5.56 Å². The normalized spacial score (nSPS) is 10.7. The molecule has 0 fully saturated rings. The van der Waals surface area contributed by atoms with E-state index in [1.165, 1.54) is 0 Å². The molecule has 3 rings (SSSR count). The smallest absolute Gasteiger partial charge is 0.356 e. The summed E-state index contributed by atoms with van der Waals surface area (Å²) in [6, 6.07) is 8.59. The van der Waals surface area contributed by atoms with Crippen LogP contribution in [0, 0.1) is 0 Å². The standard InChI is InChI=1S/C13H10N4O2/c14-10-3-1-2-9-11(13(18)19)16-12(17(9)10)8-4-6-15-7-5-8/h1-7H,14H2,(H,18,19). The van der Waals surface area contributed by atoms with Gasteiger partial charge in [0.15, 0.2) is 5.69 Å². The molecule has 0 bridgehead atoms. The Labute approximate surface area is 108 Å². The maximum atomic E-state index is 11.2. The molecule has 6 nitrogen and oxygen atoms in total. The third-order valence-electron chi connectivity index (χ3n) is 2.83. The summed E-state index contributed by atoms with van der Waals surface area (Å²) in [4.78, 5) is 19.3. The molecule has 94 valence electrons. The van der Waals surface area contributed by atoms with Crippen molar-refractivity contribution in [1.82, 2.24) is 14.4 Å². The van der Waals surface area contributed by atoms with Gasteiger partial charge < -0.3 is 10.8 Å². The molecular weight excluding hydrogens is 244 g/mol. The van der Waals surface area contributed by atoms with E-state index in [4.69, 9.17) is 5.73 Å². The Balaban J connectivity index is 2.40. The van der Waals surface area contributed by atoms with E-state index < -0.39 is 5.97 Å². The maximum Gasteiger partial charge on any atom is 0.356 e. The first-order chi connectivity index (χ1) is 9.18. The highest BCUT2D eigenvalue weighted by Crippen LogP contribution is 2.25. The average molecular weight is 254 g/mol. The average Bonchev–Trinajstić information content (AvgIpc) is 2.81. The van der Waals surface area contributed by atoms with Crippen LogP contribution >= 0.6 is 0 Å². The van der Waals surface area contributed by atoms with Crippen molar-refractivity contribution in [2.24, 2.45) is 0 Å². The first-order valence-corrected chi connectivity index (χ1v) is 5.59. The van der Waals surface area contributed by atoms with Crippen LogP contribution < -0.4 is 5.73 Å². The first-order valence-electron chi connectivity index (χ1n) is 5.59. The number of aromatic nitrogens is 3. The Morgan fingerprint density at radius 1 is 1.21 bits per heavy atom. The minimum absolute atomic E-state index is 0.0147. The van der Waals surface area contributed by atoms with Gasteiger partial charge >= 0.3 is 5.97 Å². The lowest BCUT2D eigenvalue weighted by molar-refractivity contribution is 0.0693. The van der Waals surface area contributed by atoms with Crippen molar-refractivity contribution in [1.29, 1.82) is 0 Å². The molecule has 0 aliphatic carbocycles. The zero-order chi connectivity index (χ0) is 13.4. The fourth-order valence-electron chi connectivity index (χ4n) is 2.01. The molecule has 19 heavy (non-hydrogen) atoms. The lowest BCUT2D eigenvalue weighted by atomic mass is 10.2. The van der Waals surface area contributed by atoms with Gasteiger partial charge in [-0.05, 0) is 24.3 Å². The van der Waals surface area contributed by atoms with Crippen LogP contribution in [0.15, 0.2) is 42.7 Å². The van der Waals surface area contributed by atoms with Crippen molar-refractivity contribution in [2.75, 3.05) is 5.73 Å². The van der Waals surface area contributed by atoms with Crippen molar-refractivity contribution in [3.63, 3.8) is 0 Å². The highest BCUT2D eigenvalue weighted by atomic mass is 16.4.